The van der Waals surface area contributed by atoms with Gasteiger partial charge in [0.2, 0.25) is 11.8 Å². The third kappa shape index (κ3) is 9.13. The topological polar surface area (TPSA) is 86.8 Å². The summed E-state index contributed by atoms with van der Waals surface area (Å²) in [5.74, 6) is -2.21. The highest BCUT2D eigenvalue weighted by molar-refractivity contribution is 7.92. The number of carbonyl (C=O) groups is 2. The average molecular weight is 704 g/mol. The molecule has 0 bridgehead atoms. The van der Waals surface area contributed by atoms with Gasteiger partial charge in [0.15, 0.2) is 0 Å². The molecule has 1 N–H and O–H groups in total. The Bertz CT molecular complexity index is 1810. The fraction of sp³-hybridized carbons (Fsp3) is 0.257. The Morgan fingerprint density at radius 2 is 1.52 bits per heavy atom. The lowest BCUT2D eigenvalue weighted by molar-refractivity contribution is -0.140. The Morgan fingerprint density at radius 1 is 0.896 bits per heavy atom. The van der Waals surface area contributed by atoms with Gasteiger partial charge in [-0.3, -0.25) is 13.9 Å². The maximum Gasteiger partial charge on any atom is 0.416 e. The summed E-state index contributed by atoms with van der Waals surface area (Å²) in [6.45, 7) is 0.721. The molecule has 0 unspecified atom stereocenters. The first-order valence-electron chi connectivity index (χ1n) is 15.1. The van der Waals surface area contributed by atoms with Crippen LogP contribution < -0.4 is 9.62 Å². The fourth-order valence-corrected chi connectivity index (χ4v) is 6.70. The summed E-state index contributed by atoms with van der Waals surface area (Å²) in [7, 11) is -4.71. The first kappa shape index (κ1) is 36.4. The number of benzene rings is 4. The molecular weight excluding hydrogens is 670 g/mol. The van der Waals surface area contributed by atoms with Crippen LogP contribution in [0, 0.1) is 5.82 Å². The van der Waals surface area contributed by atoms with Crippen molar-refractivity contribution >= 4 is 39.1 Å². The van der Waals surface area contributed by atoms with Gasteiger partial charge in [0, 0.05) is 25.1 Å². The molecule has 0 aliphatic rings. The van der Waals surface area contributed by atoms with E-state index in [1.165, 1.54) is 42.5 Å². The highest BCUT2D eigenvalue weighted by atomic mass is 35.5. The molecule has 0 radical (unpaired) electrons. The van der Waals surface area contributed by atoms with Crippen LogP contribution in [0.15, 0.2) is 108 Å². The Hall–Kier alpha value is -4.42. The fourth-order valence-electron chi connectivity index (χ4n) is 4.98. The largest absolute Gasteiger partial charge is 0.416 e. The summed E-state index contributed by atoms with van der Waals surface area (Å²) in [4.78, 5) is 28.9. The predicted molar refractivity (Wildman–Crippen MR) is 176 cm³/mol. The number of hydrogen-bond donors (Lipinski definition) is 1. The molecule has 0 heterocycles. The van der Waals surface area contributed by atoms with Gasteiger partial charge < -0.3 is 10.2 Å². The van der Waals surface area contributed by atoms with Crippen molar-refractivity contribution in [2.24, 2.45) is 0 Å². The van der Waals surface area contributed by atoms with Crippen LogP contribution in [0.25, 0.3) is 0 Å². The second-order valence-corrected chi connectivity index (χ2v) is 13.2. The minimum Gasteiger partial charge on any atom is -0.354 e. The maximum atomic E-state index is 15.0. The summed E-state index contributed by atoms with van der Waals surface area (Å²) >= 11 is 6.33. The number of halogens is 5. The first-order valence-corrected chi connectivity index (χ1v) is 16.9. The number of rotatable bonds is 14. The van der Waals surface area contributed by atoms with Crippen molar-refractivity contribution in [3.8, 4) is 0 Å². The van der Waals surface area contributed by atoms with E-state index < -0.39 is 64.2 Å². The molecule has 2 amide bonds. The molecule has 1 atom stereocenters. The lowest BCUT2D eigenvalue weighted by Gasteiger charge is -2.34. The Morgan fingerprint density at radius 3 is 2.15 bits per heavy atom. The van der Waals surface area contributed by atoms with Gasteiger partial charge >= 0.3 is 6.18 Å². The zero-order valence-corrected chi connectivity index (χ0v) is 27.5. The Labute approximate surface area is 282 Å². The molecule has 0 aliphatic carbocycles. The number of alkyl halides is 3. The van der Waals surface area contributed by atoms with Gasteiger partial charge in [0.25, 0.3) is 10.0 Å². The molecule has 13 heteroatoms. The van der Waals surface area contributed by atoms with Gasteiger partial charge in [0.1, 0.15) is 18.4 Å². The third-order valence-corrected chi connectivity index (χ3v) is 9.64. The van der Waals surface area contributed by atoms with Crippen LogP contribution in [0.4, 0.5) is 23.2 Å². The quantitative estimate of drug-likeness (QED) is 0.111. The molecule has 0 aliphatic heterocycles. The number of nitrogens with one attached hydrogen (secondary N) is 1. The van der Waals surface area contributed by atoms with E-state index in [9.17, 15) is 31.2 Å². The second kappa shape index (κ2) is 16.1. The molecule has 0 fully saturated rings. The van der Waals surface area contributed by atoms with Crippen LogP contribution in [-0.4, -0.2) is 44.3 Å². The van der Waals surface area contributed by atoms with E-state index in [4.69, 9.17) is 11.6 Å². The molecule has 254 valence electrons. The SMILES string of the molecule is CCCCNC(=O)[C@@H](Cc1ccccc1)N(Cc1ccccc1F)C(=O)CN(c1cc(C(F)(F)F)ccc1Cl)S(=O)(=O)c1ccccc1. The van der Waals surface area contributed by atoms with Gasteiger partial charge in [-0.25, -0.2) is 12.8 Å². The lowest BCUT2D eigenvalue weighted by Crippen LogP contribution is -2.53. The van der Waals surface area contributed by atoms with E-state index in [1.54, 1.807) is 42.5 Å². The summed E-state index contributed by atoms with van der Waals surface area (Å²) in [6, 6.07) is 22.1. The minimum atomic E-state index is -4.86. The van der Waals surface area contributed by atoms with Crippen LogP contribution >= 0.6 is 11.6 Å². The zero-order chi connectivity index (χ0) is 34.9. The number of anilines is 1. The van der Waals surface area contributed by atoms with Crippen molar-refractivity contribution in [3.05, 3.63) is 131 Å². The summed E-state index contributed by atoms with van der Waals surface area (Å²) < 4.78 is 85.1. The van der Waals surface area contributed by atoms with Crippen LogP contribution in [-0.2, 0) is 38.8 Å². The van der Waals surface area contributed by atoms with E-state index in [2.05, 4.69) is 5.32 Å². The van der Waals surface area contributed by atoms with Crippen LogP contribution in [0.2, 0.25) is 5.02 Å². The van der Waals surface area contributed by atoms with Crippen LogP contribution in [0.3, 0.4) is 0 Å². The summed E-state index contributed by atoms with van der Waals surface area (Å²) in [5, 5.41) is 2.44. The van der Waals surface area contributed by atoms with Gasteiger partial charge in [-0.1, -0.05) is 91.7 Å². The van der Waals surface area contributed by atoms with E-state index >= 15 is 4.39 Å². The molecular formula is C35H34ClF4N3O4S. The van der Waals surface area contributed by atoms with Crippen molar-refractivity contribution in [1.82, 2.24) is 10.2 Å². The van der Waals surface area contributed by atoms with E-state index in [1.807, 2.05) is 6.92 Å². The normalized spacial score (nSPS) is 12.3. The van der Waals surface area contributed by atoms with Gasteiger partial charge in [-0.15, -0.1) is 0 Å². The number of nitrogens with zero attached hydrogens (tertiary/aromatic N) is 2. The molecule has 7 nitrogen and oxygen atoms in total. The Kier molecular flexibility index (Phi) is 12.2. The van der Waals surface area contributed by atoms with Crippen LogP contribution in [0.5, 0.6) is 0 Å². The van der Waals surface area contributed by atoms with Crippen molar-refractivity contribution in [3.63, 3.8) is 0 Å². The number of amides is 2. The Balaban J connectivity index is 1.86. The zero-order valence-electron chi connectivity index (χ0n) is 26.0. The van der Waals surface area contributed by atoms with Gasteiger partial charge in [0.05, 0.1) is 21.2 Å². The summed E-state index contributed by atoms with van der Waals surface area (Å²) in [6.07, 6.45) is -3.47. The van der Waals surface area contributed by atoms with E-state index in [0.717, 1.165) is 17.4 Å². The molecule has 4 aromatic carbocycles. The van der Waals surface area contributed by atoms with Crippen molar-refractivity contribution in [1.29, 1.82) is 0 Å². The molecule has 0 spiro atoms. The van der Waals surface area contributed by atoms with E-state index in [-0.39, 0.29) is 28.4 Å². The lowest BCUT2D eigenvalue weighted by atomic mass is 10.0. The molecule has 48 heavy (non-hydrogen) atoms. The highest BCUT2D eigenvalue weighted by Crippen LogP contribution is 2.37. The van der Waals surface area contributed by atoms with Crippen molar-refractivity contribution in [2.75, 3.05) is 17.4 Å². The summed E-state index contributed by atoms with van der Waals surface area (Å²) in [5.41, 5.74) is -1.08. The molecule has 0 saturated heterocycles. The van der Waals surface area contributed by atoms with Crippen molar-refractivity contribution in [2.45, 2.75) is 49.8 Å². The van der Waals surface area contributed by atoms with Gasteiger partial charge in [-0.05, 0) is 48.4 Å². The highest BCUT2D eigenvalue weighted by Gasteiger charge is 2.37. The number of unbranched alkanes of at least 4 members (excludes halogenated alkanes) is 1. The van der Waals surface area contributed by atoms with Gasteiger partial charge in [-0.2, -0.15) is 13.2 Å². The standard InChI is InChI=1S/C35H34ClF4N3O4S/c1-2-3-20-41-34(45)32(21-25-12-6-4-7-13-25)42(23-26-14-10-11-17-30(26)37)33(44)24-43(48(46,47)28-15-8-5-9-16-28)31-22-27(35(38,39)40)18-19-29(31)36/h4-19,22,32H,2-3,20-21,23-24H2,1H3,(H,41,45)/t32-/m1/s1. The molecule has 4 rings (SSSR count). The smallest absolute Gasteiger partial charge is 0.354 e. The number of carbonyl (C=O) groups excluding carboxylic acids is 2. The number of hydrogen-bond acceptors (Lipinski definition) is 4. The van der Waals surface area contributed by atoms with Crippen molar-refractivity contribution < 1.29 is 35.6 Å². The minimum absolute atomic E-state index is 0.0191. The molecule has 4 aromatic rings. The van der Waals surface area contributed by atoms with E-state index in [0.29, 0.717) is 28.4 Å². The monoisotopic (exact) mass is 703 g/mol. The maximum absolute atomic E-state index is 15.0. The first-order chi connectivity index (χ1) is 22.8. The third-order valence-electron chi connectivity index (χ3n) is 7.55. The number of sulfonamides is 1. The molecule has 0 saturated carbocycles. The second-order valence-electron chi connectivity index (χ2n) is 11.0. The average Bonchev–Trinajstić information content (AvgIpc) is 3.06. The predicted octanol–water partition coefficient (Wildman–Crippen LogP) is 7.25. The van der Waals surface area contributed by atoms with Crippen LogP contribution in [0.1, 0.15) is 36.5 Å². The molecule has 0 aromatic heterocycles.